The molecule has 2 aromatic carbocycles. The van der Waals surface area contributed by atoms with Crippen molar-refractivity contribution in [1.29, 1.82) is 0 Å². The number of allylic oxidation sites excluding steroid dienone is 1. The topological polar surface area (TPSA) is 38.3 Å². The molecule has 0 heterocycles. The fourth-order valence-electron chi connectivity index (χ4n) is 2.47. The van der Waals surface area contributed by atoms with Crippen LogP contribution in [0.4, 0.5) is 0 Å². The Labute approximate surface area is 148 Å². The number of carbonyl (C=O) groups excluding carboxylic acids is 1. The van der Waals surface area contributed by atoms with E-state index in [4.69, 9.17) is 16.4 Å². The van der Waals surface area contributed by atoms with E-state index < -0.39 is 0 Å². The van der Waals surface area contributed by atoms with Crippen molar-refractivity contribution in [3.8, 4) is 0 Å². The number of benzene rings is 2. The van der Waals surface area contributed by atoms with Gasteiger partial charge in [0.2, 0.25) is 0 Å². The number of rotatable bonds is 9. The zero-order valence-corrected chi connectivity index (χ0v) is 14.8. The molecule has 0 saturated carbocycles. The number of unbranched alkanes of at least 4 members (excludes halogenated alkanes) is 3. The number of fused-ring (bicyclic) bond motifs is 1. The second-order valence-corrected chi connectivity index (χ2v) is 6.03. The molecule has 0 spiro atoms. The van der Waals surface area contributed by atoms with E-state index in [9.17, 15) is 4.79 Å². The van der Waals surface area contributed by atoms with Crippen molar-refractivity contribution in [3.05, 3.63) is 53.6 Å². The van der Waals surface area contributed by atoms with Crippen LogP contribution in [-0.4, -0.2) is 18.4 Å². The van der Waals surface area contributed by atoms with Crippen molar-refractivity contribution in [3.63, 3.8) is 0 Å². The summed E-state index contributed by atoms with van der Waals surface area (Å²) in [6.45, 7) is 2.72. The molecule has 0 radical (unpaired) electrons. The van der Waals surface area contributed by atoms with Crippen LogP contribution in [0.2, 0.25) is 0 Å². The molecule has 0 aliphatic heterocycles. The summed E-state index contributed by atoms with van der Waals surface area (Å²) >= 11 is 5.66. The highest BCUT2D eigenvalue weighted by molar-refractivity contribution is 6.19. The highest BCUT2D eigenvalue weighted by Crippen LogP contribution is 2.19. The molecule has 0 bridgehead atoms. The summed E-state index contributed by atoms with van der Waals surface area (Å²) < 4.78 is 0. The Morgan fingerprint density at radius 1 is 1.12 bits per heavy atom. The number of carbonyl (C=O) groups is 1. The number of nitrogens with one attached hydrogen (secondary N) is 1. The minimum Gasteiger partial charge on any atom is -0.273 e. The summed E-state index contributed by atoms with van der Waals surface area (Å²) in [5.74, 6) is 0.286. The standard InChI is InChI=1S/C20H24ClNO2/c1-2-3-4-5-13-24-22-20(23)19-11-10-17-14-16(7-6-12-21)8-9-18(17)15-19/h6-11,14-15H,2-5,12-13H2,1H3,(H,22,23)/b7-6+. The van der Waals surface area contributed by atoms with Crippen LogP contribution in [0.1, 0.15) is 48.5 Å². The first-order valence-electron chi connectivity index (χ1n) is 8.43. The van der Waals surface area contributed by atoms with Crippen LogP contribution in [0.25, 0.3) is 16.8 Å². The van der Waals surface area contributed by atoms with Crippen molar-refractivity contribution in [1.82, 2.24) is 5.48 Å². The molecule has 128 valence electrons. The van der Waals surface area contributed by atoms with Crippen LogP contribution in [0.5, 0.6) is 0 Å². The first-order chi connectivity index (χ1) is 11.7. The van der Waals surface area contributed by atoms with Gasteiger partial charge in [0.25, 0.3) is 5.91 Å². The summed E-state index contributed by atoms with van der Waals surface area (Å²) in [4.78, 5) is 17.4. The highest BCUT2D eigenvalue weighted by atomic mass is 35.5. The van der Waals surface area contributed by atoms with Crippen LogP contribution < -0.4 is 5.48 Å². The van der Waals surface area contributed by atoms with Gasteiger partial charge in [-0.3, -0.25) is 9.63 Å². The monoisotopic (exact) mass is 345 g/mol. The number of hydrogen-bond donors (Lipinski definition) is 1. The zero-order valence-electron chi connectivity index (χ0n) is 14.1. The van der Waals surface area contributed by atoms with Gasteiger partial charge in [-0.05, 0) is 41.0 Å². The molecule has 24 heavy (non-hydrogen) atoms. The van der Waals surface area contributed by atoms with E-state index in [2.05, 4.69) is 18.5 Å². The first kappa shape index (κ1) is 18.5. The average molecular weight is 346 g/mol. The molecular formula is C20H24ClNO2. The Balaban J connectivity index is 1.94. The predicted molar refractivity (Wildman–Crippen MR) is 101 cm³/mol. The third-order valence-corrected chi connectivity index (χ3v) is 3.97. The first-order valence-corrected chi connectivity index (χ1v) is 8.96. The maximum Gasteiger partial charge on any atom is 0.274 e. The van der Waals surface area contributed by atoms with Crippen molar-refractivity contribution < 1.29 is 9.63 Å². The smallest absolute Gasteiger partial charge is 0.273 e. The lowest BCUT2D eigenvalue weighted by atomic mass is 10.0. The Bertz CT molecular complexity index is 697. The fourth-order valence-corrected chi connectivity index (χ4v) is 2.56. The minimum absolute atomic E-state index is 0.210. The van der Waals surface area contributed by atoms with Crippen LogP contribution in [0.15, 0.2) is 42.5 Å². The molecule has 3 nitrogen and oxygen atoms in total. The van der Waals surface area contributed by atoms with Crippen molar-refractivity contribution in [2.45, 2.75) is 32.6 Å². The van der Waals surface area contributed by atoms with Gasteiger partial charge in [0.15, 0.2) is 0 Å². The molecule has 0 atom stereocenters. The number of hydrogen-bond acceptors (Lipinski definition) is 2. The molecule has 0 unspecified atom stereocenters. The molecule has 0 aliphatic carbocycles. The van der Waals surface area contributed by atoms with Crippen LogP contribution in [0.3, 0.4) is 0 Å². The Kier molecular flexibility index (Phi) is 7.80. The maximum atomic E-state index is 12.1. The van der Waals surface area contributed by atoms with E-state index in [0.717, 1.165) is 29.2 Å². The zero-order chi connectivity index (χ0) is 17.2. The van der Waals surface area contributed by atoms with Gasteiger partial charge in [0.05, 0.1) is 6.61 Å². The third-order valence-electron chi connectivity index (χ3n) is 3.79. The Morgan fingerprint density at radius 3 is 2.71 bits per heavy atom. The van der Waals surface area contributed by atoms with Gasteiger partial charge in [0, 0.05) is 11.4 Å². The Hall–Kier alpha value is -1.84. The van der Waals surface area contributed by atoms with Crippen molar-refractivity contribution in [2.24, 2.45) is 0 Å². The summed E-state index contributed by atoms with van der Waals surface area (Å²) in [7, 11) is 0. The molecule has 2 rings (SSSR count). The minimum atomic E-state index is -0.210. The van der Waals surface area contributed by atoms with E-state index in [0.29, 0.717) is 18.1 Å². The van der Waals surface area contributed by atoms with Gasteiger partial charge in [-0.1, -0.05) is 56.5 Å². The normalized spacial score (nSPS) is 11.2. The second kappa shape index (κ2) is 10.1. The second-order valence-electron chi connectivity index (χ2n) is 5.72. The summed E-state index contributed by atoms with van der Waals surface area (Å²) in [6, 6.07) is 11.7. The highest BCUT2D eigenvalue weighted by Gasteiger charge is 2.06. The molecule has 0 aliphatic rings. The summed E-state index contributed by atoms with van der Waals surface area (Å²) in [6.07, 6.45) is 8.37. The van der Waals surface area contributed by atoms with Gasteiger partial charge in [-0.2, -0.15) is 0 Å². The van der Waals surface area contributed by atoms with E-state index in [1.165, 1.54) is 12.8 Å². The fraction of sp³-hybridized carbons (Fsp3) is 0.350. The lowest BCUT2D eigenvalue weighted by molar-refractivity contribution is 0.0298. The van der Waals surface area contributed by atoms with Gasteiger partial charge >= 0.3 is 0 Å². The number of amides is 1. The summed E-state index contributed by atoms with van der Waals surface area (Å²) in [5.41, 5.74) is 4.21. The molecule has 0 fully saturated rings. The predicted octanol–water partition coefficient (Wildman–Crippen LogP) is 5.33. The molecule has 0 saturated heterocycles. The lowest BCUT2D eigenvalue weighted by Gasteiger charge is -2.07. The third kappa shape index (κ3) is 5.66. The lowest BCUT2D eigenvalue weighted by Crippen LogP contribution is -2.24. The molecule has 0 aromatic heterocycles. The van der Waals surface area contributed by atoms with Crippen LogP contribution in [-0.2, 0) is 4.84 Å². The largest absolute Gasteiger partial charge is 0.274 e. The molecule has 1 amide bonds. The van der Waals surface area contributed by atoms with Gasteiger partial charge in [-0.15, -0.1) is 11.6 Å². The van der Waals surface area contributed by atoms with Gasteiger partial charge in [0.1, 0.15) is 0 Å². The van der Waals surface area contributed by atoms with E-state index >= 15 is 0 Å². The van der Waals surface area contributed by atoms with Crippen molar-refractivity contribution in [2.75, 3.05) is 12.5 Å². The van der Waals surface area contributed by atoms with E-state index in [1.54, 1.807) is 0 Å². The maximum absolute atomic E-state index is 12.1. The van der Waals surface area contributed by atoms with E-state index in [-0.39, 0.29) is 5.91 Å². The number of hydroxylamine groups is 1. The molecule has 4 heteroatoms. The quantitative estimate of drug-likeness (QED) is 0.379. The average Bonchev–Trinajstić information content (AvgIpc) is 2.62. The Morgan fingerprint density at radius 2 is 1.92 bits per heavy atom. The van der Waals surface area contributed by atoms with Crippen LogP contribution >= 0.6 is 11.6 Å². The molecule has 1 N–H and O–H groups in total. The SMILES string of the molecule is CCCCCCONC(=O)c1ccc2cc(/C=C/CCl)ccc2c1. The molecule has 2 aromatic rings. The number of alkyl halides is 1. The molecular weight excluding hydrogens is 322 g/mol. The van der Waals surface area contributed by atoms with E-state index in [1.807, 2.05) is 42.5 Å². The van der Waals surface area contributed by atoms with Crippen LogP contribution in [0, 0.1) is 0 Å². The number of halogens is 1. The van der Waals surface area contributed by atoms with Gasteiger partial charge < -0.3 is 0 Å². The van der Waals surface area contributed by atoms with Crippen molar-refractivity contribution >= 4 is 34.4 Å². The van der Waals surface area contributed by atoms with Gasteiger partial charge in [-0.25, -0.2) is 5.48 Å². The summed E-state index contributed by atoms with van der Waals surface area (Å²) in [5, 5.41) is 2.11.